The average molecular weight is 471 g/mol. The number of benzene rings is 3. The third kappa shape index (κ3) is 5.83. The lowest BCUT2D eigenvalue weighted by Crippen LogP contribution is -2.30. The van der Waals surface area contributed by atoms with E-state index >= 15 is 0 Å². The maximum Gasteiger partial charge on any atom is 0.253 e. The summed E-state index contributed by atoms with van der Waals surface area (Å²) >= 11 is 0. The van der Waals surface area contributed by atoms with E-state index in [1.54, 1.807) is 0 Å². The van der Waals surface area contributed by atoms with E-state index in [1.807, 2.05) is 91.5 Å². The Hall–Kier alpha value is -3.80. The van der Waals surface area contributed by atoms with Gasteiger partial charge < -0.3 is 19.5 Å². The SMILES string of the molecule is CCN(CC)C(=O)c1ccc2c(c1)nc(Nc1ccc(Oc3ccccc3)cc1)n2CCC(C)C. The topological polar surface area (TPSA) is 59.4 Å². The molecule has 0 fully saturated rings. The van der Waals surface area contributed by atoms with Crippen LogP contribution in [0.5, 0.6) is 11.5 Å². The van der Waals surface area contributed by atoms with Crippen LogP contribution in [-0.4, -0.2) is 33.4 Å². The van der Waals surface area contributed by atoms with Crippen molar-refractivity contribution < 1.29 is 9.53 Å². The smallest absolute Gasteiger partial charge is 0.253 e. The molecule has 1 aromatic heterocycles. The van der Waals surface area contributed by atoms with E-state index in [4.69, 9.17) is 9.72 Å². The molecular formula is C29H34N4O2. The molecule has 0 spiro atoms. The van der Waals surface area contributed by atoms with Crippen molar-refractivity contribution in [2.45, 2.75) is 40.7 Å². The van der Waals surface area contributed by atoms with Crippen LogP contribution in [0.25, 0.3) is 11.0 Å². The lowest BCUT2D eigenvalue weighted by molar-refractivity contribution is 0.0773. The van der Waals surface area contributed by atoms with Crippen molar-refractivity contribution in [2.24, 2.45) is 5.92 Å². The van der Waals surface area contributed by atoms with E-state index in [1.165, 1.54) is 0 Å². The predicted octanol–water partition coefficient (Wildman–Crippen LogP) is 7.10. The molecule has 35 heavy (non-hydrogen) atoms. The van der Waals surface area contributed by atoms with E-state index in [9.17, 15) is 4.79 Å². The van der Waals surface area contributed by atoms with Crippen molar-refractivity contribution in [1.29, 1.82) is 0 Å². The number of carbonyl (C=O) groups excluding carboxylic acids is 1. The summed E-state index contributed by atoms with van der Waals surface area (Å²) in [4.78, 5) is 19.6. The number of aromatic nitrogens is 2. The fraction of sp³-hybridized carbons (Fsp3) is 0.310. The van der Waals surface area contributed by atoms with Crippen molar-refractivity contribution in [3.8, 4) is 11.5 Å². The molecule has 0 aliphatic carbocycles. The Morgan fingerprint density at radius 2 is 1.66 bits per heavy atom. The van der Waals surface area contributed by atoms with Gasteiger partial charge in [0, 0.05) is 30.9 Å². The second kappa shape index (κ2) is 11.1. The Bertz CT molecular complexity index is 1260. The number of imidazole rings is 1. The van der Waals surface area contributed by atoms with Gasteiger partial charge in [0.2, 0.25) is 5.95 Å². The van der Waals surface area contributed by atoms with E-state index < -0.39 is 0 Å². The lowest BCUT2D eigenvalue weighted by Gasteiger charge is -2.18. The summed E-state index contributed by atoms with van der Waals surface area (Å²) < 4.78 is 8.11. The predicted molar refractivity (Wildman–Crippen MR) is 143 cm³/mol. The molecule has 0 bridgehead atoms. The molecule has 182 valence electrons. The molecule has 0 atom stereocenters. The Labute approximate surface area is 207 Å². The first-order chi connectivity index (χ1) is 17.0. The summed E-state index contributed by atoms with van der Waals surface area (Å²) in [7, 11) is 0. The van der Waals surface area contributed by atoms with E-state index in [0.717, 1.165) is 47.1 Å². The molecule has 6 heteroatoms. The molecule has 1 heterocycles. The molecule has 0 saturated heterocycles. The van der Waals surface area contributed by atoms with E-state index in [0.29, 0.717) is 24.6 Å². The Balaban J connectivity index is 1.60. The molecule has 0 unspecified atom stereocenters. The fourth-order valence-corrected chi connectivity index (χ4v) is 4.03. The summed E-state index contributed by atoms with van der Waals surface area (Å²) in [6.45, 7) is 10.7. The van der Waals surface area contributed by atoms with Gasteiger partial charge in [-0.15, -0.1) is 0 Å². The van der Waals surface area contributed by atoms with Crippen LogP contribution in [0.4, 0.5) is 11.6 Å². The normalized spacial score (nSPS) is 11.1. The number of amides is 1. The van der Waals surface area contributed by atoms with Crippen LogP contribution in [0.3, 0.4) is 0 Å². The largest absolute Gasteiger partial charge is 0.457 e. The molecule has 4 aromatic rings. The van der Waals surface area contributed by atoms with Gasteiger partial charge >= 0.3 is 0 Å². The number of rotatable bonds is 10. The minimum atomic E-state index is 0.0390. The van der Waals surface area contributed by atoms with Crippen LogP contribution < -0.4 is 10.1 Å². The number of fused-ring (bicyclic) bond motifs is 1. The van der Waals surface area contributed by atoms with E-state index in [2.05, 4.69) is 23.7 Å². The maximum absolute atomic E-state index is 12.9. The number of para-hydroxylation sites is 1. The number of hydrogen-bond acceptors (Lipinski definition) is 4. The monoisotopic (exact) mass is 470 g/mol. The molecule has 0 aliphatic heterocycles. The second-order valence-electron chi connectivity index (χ2n) is 9.01. The summed E-state index contributed by atoms with van der Waals surface area (Å²) in [5.74, 6) is 2.95. The van der Waals surface area contributed by atoms with Crippen LogP contribution in [0, 0.1) is 5.92 Å². The Morgan fingerprint density at radius 1 is 0.971 bits per heavy atom. The third-order valence-corrected chi connectivity index (χ3v) is 6.07. The molecule has 0 radical (unpaired) electrons. The number of anilines is 2. The number of ether oxygens (including phenoxy) is 1. The molecule has 1 N–H and O–H groups in total. The Kier molecular flexibility index (Phi) is 7.70. The number of carbonyl (C=O) groups is 1. The lowest BCUT2D eigenvalue weighted by atomic mass is 10.1. The van der Waals surface area contributed by atoms with Crippen LogP contribution in [0.1, 0.15) is 44.5 Å². The number of nitrogens with zero attached hydrogens (tertiary/aromatic N) is 3. The summed E-state index contributed by atoms with van der Waals surface area (Å²) in [5.41, 5.74) is 3.43. The number of aryl methyl sites for hydroxylation is 1. The number of hydrogen-bond donors (Lipinski definition) is 1. The minimum Gasteiger partial charge on any atom is -0.457 e. The van der Waals surface area contributed by atoms with Crippen molar-refractivity contribution in [3.05, 3.63) is 78.4 Å². The highest BCUT2D eigenvalue weighted by molar-refractivity contribution is 5.97. The van der Waals surface area contributed by atoms with Crippen molar-refractivity contribution in [3.63, 3.8) is 0 Å². The zero-order chi connectivity index (χ0) is 24.8. The zero-order valence-electron chi connectivity index (χ0n) is 21.0. The first-order valence-corrected chi connectivity index (χ1v) is 12.4. The van der Waals surface area contributed by atoms with Gasteiger partial charge in [0.05, 0.1) is 11.0 Å². The zero-order valence-corrected chi connectivity index (χ0v) is 21.0. The van der Waals surface area contributed by atoms with Crippen LogP contribution in [0.15, 0.2) is 72.8 Å². The van der Waals surface area contributed by atoms with Gasteiger partial charge in [-0.25, -0.2) is 4.98 Å². The standard InChI is InChI=1S/C29H34N4O2/c1-5-32(6-2)28(34)22-12-17-27-26(20-22)31-29(33(27)19-18-21(3)4)30-23-13-15-25(16-14-23)35-24-10-8-7-9-11-24/h7-17,20-21H,5-6,18-19H2,1-4H3,(H,30,31). The van der Waals surface area contributed by atoms with Gasteiger partial charge in [-0.2, -0.15) is 0 Å². The summed E-state index contributed by atoms with van der Waals surface area (Å²) in [5, 5.41) is 3.47. The van der Waals surface area contributed by atoms with E-state index in [-0.39, 0.29) is 5.91 Å². The Morgan fingerprint density at radius 3 is 2.31 bits per heavy atom. The maximum atomic E-state index is 12.9. The van der Waals surface area contributed by atoms with Crippen LogP contribution in [0.2, 0.25) is 0 Å². The number of nitrogens with one attached hydrogen (secondary N) is 1. The van der Waals surface area contributed by atoms with Crippen LogP contribution >= 0.6 is 0 Å². The molecule has 6 nitrogen and oxygen atoms in total. The van der Waals surface area contributed by atoms with Crippen molar-refractivity contribution >= 4 is 28.6 Å². The van der Waals surface area contributed by atoms with Crippen molar-refractivity contribution in [2.75, 3.05) is 18.4 Å². The third-order valence-electron chi connectivity index (χ3n) is 6.07. The molecule has 4 rings (SSSR count). The quantitative estimate of drug-likeness (QED) is 0.268. The summed E-state index contributed by atoms with van der Waals surface area (Å²) in [6, 6.07) is 23.4. The molecule has 3 aromatic carbocycles. The average Bonchev–Trinajstić information content (AvgIpc) is 3.21. The fourth-order valence-electron chi connectivity index (χ4n) is 4.03. The molecule has 0 saturated carbocycles. The van der Waals surface area contributed by atoms with Gasteiger partial charge in [-0.1, -0.05) is 32.0 Å². The highest BCUT2D eigenvalue weighted by atomic mass is 16.5. The van der Waals surface area contributed by atoms with Gasteiger partial charge in [0.15, 0.2) is 0 Å². The highest BCUT2D eigenvalue weighted by Gasteiger charge is 2.17. The summed E-state index contributed by atoms with van der Waals surface area (Å²) in [6.07, 6.45) is 1.03. The van der Waals surface area contributed by atoms with Gasteiger partial charge in [-0.05, 0) is 80.8 Å². The second-order valence-corrected chi connectivity index (χ2v) is 9.01. The first-order valence-electron chi connectivity index (χ1n) is 12.4. The molecular weight excluding hydrogens is 436 g/mol. The van der Waals surface area contributed by atoms with Gasteiger partial charge in [-0.3, -0.25) is 4.79 Å². The highest BCUT2D eigenvalue weighted by Crippen LogP contribution is 2.27. The molecule has 1 amide bonds. The van der Waals surface area contributed by atoms with Crippen LogP contribution in [-0.2, 0) is 6.54 Å². The van der Waals surface area contributed by atoms with Gasteiger partial charge in [0.1, 0.15) is 11.5 Å². The van der Waals surface area contributed by atoms with Gasteiger partial charge in [0.25, 0.3) is 5.91 Å². The first kappa shape index (κ1) is 24.3. The minimum absolute atomic E-state index is 0.0390. The van der Waals surface area contributed by atoms with Crippen molar-refractivity contribution in [1.82, 2.24) is 14.5 Å². The molecule has 0 aliphatic rings.